The van der Waals surface area contributed by atoms with Crippen molar-refractivity contribution in [2.45, 2.75) is 44.8 Å². The third-order valence-electron chi connectivity index (χ3n) is 3.40. The molecule has 2 rings (SSSR count). The van der Waals surface area contributed by atoms with Crippen molar-refractivity contribution in [1.82, 2.24) is 10.6 Å². The van der Waals surface area contributed by atoms with Crippen molar-refractivity contribution in [1.29, 1.82) is 0 Å². The first-order valence-electron chi connectivity index (χ1n) is 5.48. The highest BCUT2D eigenvalue weighted by Crippen LogP contribution is 2.29. The summed E-state index contributed by atoms with van der Waals surface area (Å²) in [6, 6.07) is 0.597. The zero-order chi connectivity index (χ0) is 9.26. The maximum atomic E-state index is 4.18. The quantitative estimate of drug-likeness (QED) is 0.599. The Labute approximate surface area is 80.8 Å². The fourth-order valence-electron chi connectivity index (χ4n) is 2.55. The van der Waals surface area contributed by atoms with Gasteiger partial charge in [0.15, 0.2) is 0 Å². The van der Waals surface area contributed by atoms with Gasteiger partial charge in [0.05, 0.1) is 6.17 Å². The Hall–Kier alpha value is -0.340. The van der Waals surface area contributed by atoms with Gasteiger partial charge >= 0.3 is 0 Å². The summed E-state index contributed by atoms with van der Waals surface area (Å²) in [5.74, 6) is 0.795. The summed E-state index contributed by atoms with van der Waals surface area (Å²) in [5, 5.41) is 7.18. The Kier molecular flexibility index (Phi) is 2.70. The summed E-state index contributed by atoms with van der Waals surface area (Å²) >= 11 is 0. The van der Waals surface area contributed by atoms with Gasteiger partial charge in [-0.15, -0.1) is 0 Å². The minimum absolute atomic E-state index is 0.510. The number of hydrogen-bond acceptors (Lipinski definition) is 2. The van der Waals surface area contributed by atoms with Gasteiger partial charge in [0, 0.05) is 12.6 Å². The standard InChI is InChI=1S/C11H20N2/c1-3-10-12-7-9-6-4-5-8(2)11(9)13-10/h9-13H,2-7H2,1H3. The van der Waals surface area contributed by atoms with E-state index in [4.69, 9.17) is 0 Å². The zero-order valence-electron chi connectivity index (χ0n) is 8.47. The van der Waals surface area contributed by atoms with E-state index in [1.165, 1.54) is 31.4 Å². The van der Waals surface area contributed by atoms with Crippen LogP contribution >= 0.6 is 0 Å². The summed E-state index contributed by atoms with van der Waals surface area (Å²) in [7, 11) is 0. The predicted molar refractivity (Wildman–Crippen MR) is 55.5 cm³/mol. The van der Waals surface area contributed by atoms with Gasteiger partial charge < -0.3 is 5.32 Å². The first kappa shape index (κ1) is 9.22. The van der Waals surface area contributed by atoms with Crippen LogP contribution in [0.4, 0.5) is 0 Å². The lowest BCUT2D eigenvalue weighted by Gasteiger charge is -2.42. The summed E-state index contributed by atoms with van der Waals surface area (Å²) in [5.41, 5.74) is 1.43. The van der Waals surface area contributed by atoms with Gasteiger partial charge in [-0.2, -0.15) is 0 Å². The molecule has 2 fully saturated rings. The van der Waals surface area contributed by atoms with Crippen LogP contribution in [0, 0.1) is 5.92 Å². The molecule has 1 saturated heterocycles. The molecule has 3 atom stereocenters. The number of fused-ring (bicyclic) bond motifs is 1. The van der Waals surface area contributed by atoms with Crippen LogP contribution in [-0.4, -0.2) is 18.8 Å². The normalized spacial score (nSPS) is 40.1. The molecule has 1 heterocycles. The second-order valence-electron chi connectivity index (χ2n) is 4.32. The molecule has 2 aliphatic rings. The molecule has 2 nitrogen and oxygen atoms in total. The van der Waals surface area contributed by atoms with Gasteiger partial charge in [-0.1, -0.05) is 19.1 Å². The molecule has 0 radical (unpaired) electrons. The Bertz CT molecular complexity index is 200. The fourth-order valence-corrected chi connectivity index (χ4v) is 2.55. The van der Waals surface area contributed by atoms with Gasteiger partial charge in [0.1, 0.15) is 0 Å². The van der Waals surface area contributed by atoms with Gasteiger partial charge in [-0.25, -0.2) is 0 Å². The van der Waals surface area contributed by atoms with Crippen LogP contribution in [0.2, 0.25) is 0 Å². The topological polar surface area (TPSA) is 24.1 Å². The first-order chi connectivity index (χ1) is 6.31. The van der Waals surface area contributed by atoms with E-state index in [0.29, 0.717) is 12.2 Å². The minimum atomic E-state index is 0.510. The maximum Gasteiger partial charge on any atom is 0.0573 e. The van der Waals surface area contributed by atoms with E-state index in [0.717, 1.165) is 12.3 Å². The van der Waals surface area contributed by atoms with E-state index in [2.05, 4.69) is 24.1 Å². The van der Waals surface area contributed by atoms with Crippen LogP contribution in [0.1, 0.15) is 32.6 Å². The monoisotopic (exact) mass is 180 g/mol. The van der Waals surface area contributed by atoms with Crippen molar-refractivity contribution >= 4 is 0 Å². The molecule has 74 valence electrons. The lowest BCUT2D eigenvalue weighted by Crippen LogP contribution is -2.59. The summed E-state index contributed by atoms with van der Waals surface area (Å²) in [6.45, 7) is 7.57. The highest BCUT2D eigenvalue weighted by Gasteiger charge is 2.32. The Balaban J connectivity index is 2.01. The Morgan fingerprint density at radius 1 is 1.54 bits per heavy atom. The summed E-state index contributed by atoms with van der Waals surface area (Å²) < 4.78 is 0. The largest absolute Gasteiger partial charge is 0.302 e. The molecule has 0 spiro atoms. The van der Waals surface area contributed by atoms with Crippen LogP contribution in [0.3, 0.4) is 0 Å². The van der Waals surface area contributed by atoms with Crippen molar-refractivity contribution in [3.05, 3.63) is 12.2 Å². The molecular formula is C11H20N2. The van der Waals surface area contributed by atoms with Crippen LogP contribution in [0.15, 0.2) is 12.2 Å². The molecule has 0 bridgehead atoms. The Morgan fingerprint density at radius 2 is 2.38 bits per heavy atom. The van der Waals surface area contributed by atoms with Crippen molar-refractivity contribution < 1.29 is 0 Å². The van der Waals surface area contributed by atoms with E-state index in [-0.39, 0.29) is 0 Å². The molecule has 0 aromatic carbocycles. The van der Waals surface area contributed by atoms with Gasteiger partial charge in [0.2, 0.25) is 0 Å². The molecule has 0 aromatic rings. The minimum Gasteiger partial charge on any atom is -0.302 e. The molecule has 2 heteroatoms. The van der Waals surface area contributed by atoms with Crippen LogP contribution < -0.4 is 10.6 Å². The molecule has 2 N–H and O–H groups in total. The maximum absolute atomic E-state index is 4.18. The predicted octanol–water partition coefficient (Wildman–Crippen LogP) is 1.64. The average Bonchev–Trinajstić information content (AvgIpc) is 2.18. The van der Waals surface area contributed by atoms with Crippen molar-refractivity contribution in [3.63, 3.8) is 0 Å². The third-order valence-corrected chi connectivity index (χ3v) is 3.40. The van der Waals surface area contributed by atoms with Crippen molar-refractivity contribution in [2.75, 3.05) is 6.54 Å². The summed E-state index contributed by atoms with van der Waals surface area (Å²) in [6.07, 6.45) is 5.59. The van der Waals surface area contributed by atoms with E-state index < -0.39 is 0 Å². The van der Waals surface area contributed by atoms with E-state index in [1.54, 1.807) is 0 Å². The summed E-state index contributed by atoms with van der Waals surface area (Å²) in [4.78, 5) is 0. The number of nitrogens with one attached hydrogen (secondary N) is 2. The second kappa shape index (κ2) is 3.81. The lowest BCUT2D eigenvalue weighted by atomic mass is 9.80. The highest BCUT2D eigenvalue weighted by atomic mass is 15.2. The molecule has 13 heavy (non-hydrogen) atoms. The number of hydrogen-bond donors (Lipinski definition) is 2. The lowest BCUT2D eigenvalue weighted by molar-refractivity contribution is 0.207. The third kappa shape index (κ3) is 1.79. The van der Waals surface area contributed by atoms with Crippen molar-refractivity contribution in [3.8, 4) is 0 Å². The first-order valence-corrected chi connectivity index (χ1v) is 5.48. The average molecular weight is 180 g/mol. The molecular weight excluding hydrogens is 160 g/mol. The SMILES string of the molecule is C=C1CCCC2CNC(CC)NC12. The fraction of sp³-hybridized carbons (Fsp3) is 0.818. The van der Waals surface area contributed by atoms with Gasteiger partial charge in [0.25, 0.3) is 0 Å². The molecule has 0 aromatic heterocycles. The smallest absolute Gasteiger partial charge is 0.0573 e. The molecule has 3 unspecified atom stereocenters. The molecule has 1 aliphatic heterocycles. The molecule has 0 amide bonds. The zero-order valence-corrected chi connectivity index (χ0v) is 8.47. The molecule has 1 aliphatic carbocycles. The van der Waals surface area contributed by atoms with E-state index in [1.807, 2.05) is 0 Å². The van der Waals surface area contributed by atoms with E-state index in [9.17, 15) is 0 Å². The van der Waals surface area contributed by atoms with Crippen LogP contribution in [0.5, 0.6) is 0 Å². The van der Waals surface area contributed by atoms with Crippen molar-refractivity contribution in [2.24, 2.45) is 5.92 Å². The Morgan fingerprint density at radius 3 is 3.15 bits per heavy atom. The number of rotatable bonds is 1. The van der Waals surface area contributed by atoms with Crippen LogP contribution in [-0.2, 0) is 0 Å². The van der Waals surface area contributed by atoms with Crippen LogP contribution in [0.25, 0.3) is 0 Å². The second-order valence-corrected chi connectivity index (χ2v) is 4.32. The highest BCUT2D eigenvalue weighted by molar-refractivity contribution is 5.13. The molecule has 1 saturated carbocycles. The van der Waals surface area contributed by atoms with Gasteiger partial charge in [-0.05, 0) is 31.6 Å². The van der Waals surface area contributed by atoms with Gasteiger partial charge in [-0.3, -0.25) is 5.32 Å². The van der Waals surface area contributed by atoms with E-state index >= 15 is 0 Å².